The fourth-order valence-corrected chi connectivity index (χ4v) is 2.14. The van der Waals surface area contributed by atoms with Gasteiger partial charge in [0.25, 0.3) is 0 Å². The Balaban J connectivity index is 3.23. The molecule has 0 aromatic heterocycles. The highest BCUT2D eigenvalue weighted by Crippen LogP contribution is 2.21. The second-order valence-electron chi connectivity index (χ2n) is 4.85. The third kappa shape index (κ3) is 3.62. The number of hydrogen-bond acceptors (Lipinski definition) is 1. The molecule has 1 rings (SSSR count). The van der Waals surface area contributed by atoms with Crippen LogP contribution in [0.2, 0.25) is 5.02 Å². The summed E-state index contributed by atoms with van der Waals surface area (Å²) in [5.41, 5.74) is 0.797. The van der Waals surface area contributed by atoms with Crippen molar-refractivity contribution in [2.24, 2.45) is 4.40 Å². The SMILES string of the molecule is CCC(=N[S@](=O)C(C)(C)C)c1cccc(Cl)c1F. The topological polar surface area (TPSA) is 29.4 Å². The number of halogens is 2. The third-order valence-corrected chi connectivity index (χ3v) is 4.04. The van der Waals surface area contributed by atoms with Crippen LogP contribution in [0.4, 0.5) is 4.39 Å². The first-order valence-corrected chi connectivity index (χ1v) is 7.19. The van der Waals surface area contributed by atoms with Gasteiger partial charge < -0.3 is 0 Å². The smallest absolute Gasteiger partial charge is 0.150 e. The van der Waals surface area contributed by atoms with E-state index in [2.05, 4.69) is 4.40 Å². The molecule has 0 aliphatic rings. The summed E-state index contributed by atoms with van der Waals surface area (Å²) in [5, 5.41) is 0.0511. The first-order valence-electron chi connectivity index (χ1n) is 5.71. The van der Waals surface area contributed by atoms with Crippen LogP contribution >= 0.6 is 11.6 Å². The lowest BCUT2D eigenvalue weighted by Gasteiger charge is -2.15. The number of benzene rings is 1. The molecule has 0 aliphatic carbocycles. The van der Waals surface area contributed by atoms with Crippen molar-refractivity contribution in [1.29, 1.82) is 0 Å². The number of nitrogens with zero attached hydrogens (tertiary/aromatic N) is 1. The van der Waals surface area contributed by atoms with E-state index >= 15 is 0 Å². The van der Waals surface area contributed by atoms with Crippen molar-refractivity contribution in [1.82, 2.24) is 0 Å². The summed E-state index contributed by atoms with van der Waals surface area (Å²) in [6, 6.07) is 4.74. The van der Waals surface area contributed by atoms with Crippen LogP contribution in [0, 0.1) is 5.82 Å². The third-order valence-electron chi connectivity index (χ3n) is 2.31. The van der Waals surface area contributed by atoms with Gasteiger partial charge in [-0.15, -0.1) is 0 Å². The Kier molecular flexibility index (Phi) is 5.05. The first kappa shape index (κ1) is 15.3. The van der Waals surface area contributed by atoms with Gasteiger partial charge in [-0.2, -0.15) is 4.40 Å². The molecule has 0 radical (unpaired) electrons. The molecule has 0 saturated heterocycles. The quantitative estimate of drug-likeness (QED) is 0.769. The van der Waals surface area contributed by atoms with Crippen molar-refractivity contribution in [3.8, 4) is 0 Å². The van der Waals surface area contributed by atoms with Gasteiger partial charge >= 0.3 is 0 Å². The standard InChI is InChI=1S/C13H17ClFNOS/c1-5-11(16-18(17)13(2,3)4)9-7-6-8-10(14)12(9)15/h6-8H,5H2,1-4H3/t18-/m1/s1. The molecule has 0 spiro atoms. The molecule has 0 fully saturated rings. The van der Waals surface area contributed by atoms with E-state index in [0.717, 1.165) is 0 Å². The van der Waals surface area contributed by atoms with Gasteiger partial charge in [-0.25, -0.2) is 8.60 Å². The van der Waals surface area contributed by atoms with Crippen molar-refractivity contribution in [2.45, 2.75) is 38.9 Å². The molecule has 100 valence electrons. The molecule has 1 atom stereocenters. The second kappa shape index (κ2) is 5.93. The average Bonchev–Trinajstić information content (AvgIpc) is 2.28. The fourth-order valence-electron chi connectivity index (χ4n) is 1.27. The Morgan fingerprint density at radius 1 is 1.44 bits per heavy atom. The molecule has 1 aromatic carbocycles. The lowest BCUT2D eigenvalue weighted by atomic mass is 10.1. The molecule has 5 heteroatoms. The van der Waals surface area contributed by atoms with Gasteiger partial charge in [0.2, 0.25) is 0 Å². The minimum absolute atomic E-state index is 0.0511. The predicted octanol–water partition coefficient (Wildman–Crippen LogP) is 4.14. The maximum atomic E-state index is 13.9. The lowest BCUT2D eigenvalue weighted by molar-refractivity contribution is 0.625. The first-order chi connectivity index (χ1) is 8.27. The highest BCUT2D eigenvalue weighted by atomic mass is 35.5. The summed E-state index contributed by atoms with van der Waals surface area (Å²) >= 11 is 5.74. The number of rotatable bonds is 3. The zero-order chi connectivity index (χ0) is 13.9. The molecular formula is C13H17ClFNOS. The van der Waals surface area contributed by atoms with E-state index in [9.17, 15) is 8.60 Å². The summed E-state index contributed by atoms with van der Waals surface area (Å²) in [4.78, 5) is 0. The lowest BCUT2D eigenvalue weighted by Crippen LogP contribution is -2.21. The largest absolute Gasteiger partial charge is 0.234 e. The van der Waals surface area contributed by atoms with Crippen molar-refractivity contribution in [3.63, 3.8) is 0 Å². The molecule has 0 aliphatic heterocycles. The van der Waals surface area contributed by atoms with Crippen LogP contribution < -0.4 is 0 Å². The maximum absolute atomic E-state index is 13.9. The Morgan fingerprint density at radius 2 is 2.06 bits per heavy atom. The van der Waals surface area contributed by atoms with E-state index in [0.29, 0.717) is 17.7 Å². The molecule has 18 heavy (non-hydrogen) atoms. The molecular weight excluding hydrogens is 273 g/mol. The van der Waals surface area contributed by atoms with Gasteiger partial charge in [-0.05, 0) is 33.3 Å². The van der Waals surface area contributed by atoms with Gasteiger partial charge in [-0.3, -0.25) is 0 Å². The van der Waals surface area contributed by atoms with Crippen LogP contribution in [0.1, 0.15) is 39.7 Å². The van der Waals surface area contributed by atoms with Crippen LogP contribution in [-0.4, -0.2) is 14.7 Å². The van der Waals surface area contributed by atoms with Gasteiger partial charge in [0.05, 0.1) is 15.5 Å². The van der Waals surface area contributed by atoms with Gasteiger partial charge in [-0.1, -0.05) is 30.7 Å². The molecule has 2 nitrogen and oxygen atoms in total. The number of hydrogen-bond donors (Lipinski definition) is 0. The molecule has 0 saturated carbocycles. The second-order valence-corrected chi connectivity index (χ2v) is 7.17. The fraction of sp³-hybridized carbons (Fsp3) is 0.462. The highest BCUT2D eigenvalue weighted by Gasteiger charge is 2.20. The van der Waals surface area contributed by atoms with E-state index in [-0.39, 0.29) is 5.02 Å². The summed E-state index contributed by atoms with van der Waals surface area (Å²) < 4.78 is 29.5. The van der Waals surface area contributed by atoms with Crippen LogP contribution in [-0.2, 0) is 11.0 Å². The molecule has 0 amide bonds. The van der Waals surface area contributed by atoms with Gasteiger partial charge in [0.15, 0.2) is 5.82 Å². The van der Waals surface area contributed by atoms with Crippen molar-refractivity contribution in [2.75, 3.05) is 0 Å². The van der Waals surface area contributed by atoms with Gasteiger partial charge in [0.1, 0.15) is 11.0 Å². The summed E-state index contributed by atoms with van der Waals surface area (Å²) in [7, 11) is -1.40. The van der Waals surface area contributed by atoms with Crippen LogP contribution in [0.3, 0.4) is 0 Å². The normalized spacial score (nSPS) is 14.7. The Labute approximate surface area is 115 Å². The van der Waals surface area contributed by atoms with E-state index in [4.69, 9.17) is 11.6 Å². The Morgan fingerprint density at radius 3 is 2.56 bits per heavy atom. The highest BCUT2D eigenvalue weighted by molar-refractivity contribution is 7.85. The Bertz CT molecular complexity index is 494. The summed E-state index contributed by atoms with van der Waals surface area (Å²) in [6.45, 7) is 7.33. The van der Waals surface area contributed by atoms with Crippen molar-refractivity contribution >= 4 is 28.3 Å². The predicted molar refractivity (Wildman–Crippen MR) is 76.1 cm³/mol. The maximum Gasteiger partial charge on any atom is 0.150 e. The van der Waals surface area contributed by atoms with E-state index < -0.39 is 21.5 Å². The van der Waals surface area contributed by atoms with Crippen molar-refractivity contribution < 1.29 is 8.60 Å². The molecule has 0 bridgehead atoms. The molecule has 0 N–H and O–H groups in total. The molecule has 0 unspecified atom stereocenters. The minimum atomic E-state index is -1.40. The van der Waals surface area contributed by atoms with E-state index in [1.165, 1.54) is 6.07 Å². The Hall–Kier alpha value is -0.740. The van der Waals surface area contributed by atoms with Crippen LogP contribution in [0.15, 0.2) is 22.6 Å². The molecule has 1 aromatic rings. The van der Waals surface area contributed by atoms with E-state index in [1.54, 1.807) is 12.1 Å². The summed E-state index contributed by atoms with van der Waals surface area (Å²) in [6.07, 6.45) is 0.499. The molecule has 0 heterocycles. The van der Waals surface area contributed by atoms with E-state index in [1.807, 2.05) is 27.7 Å². The monoisotopic (exact) mass is 289 g/mol. The van der Waals surface area contributed by atoms with Gasteiger partial charge in [0, 0.05) is 5.56 Å². The average molecular weight is 290 g/mol. The minimum Gasteiger partial charge on any atom is -0.234 e. The zero-order valence-corrected chi connectivity index (χ0v) is 12.5. The summed E-state index contributed by atoms with van der Waals surface area (Å²) in [5.74, 6) is -0.509. The van der Waals surface area contributed by atoms with Crippen molar-refractivity contribution in [3.05, 3.63) is 34.6 Å². The zero-order valence-electron chi connectivity index (χ0n) is 11.0. The van der Waals surface area contributed by atoms with Crippen LogP contribution in [0.25, 0.3) is 0 Å². The van der Waals surface area contributed by atoms with Crippen LogP contribution in [0.5, 0.6) is 0 Å².